The highest BCUT2D eigenvalue weighted by Gasteiger charge is 2.35. The van der Waals surface area contributed by atoms with Gasteiger partial charge in [-0.05, 0) is 56.7 Å². The van der Waals surface area contributed by atoms with Crippen molar-refractivity contribution in [3.05, 3.63) is 71.2 Å². The maximum atomic E-state index is 13.7. The van der Waals surface area contributed by atoms with Crippen LogP contribution >= 0.6 is 0 Å². The van der Waals surface area contributed by atoms with Crippen LogP contribution in [0.25, 0.3) is 16.6 Å². The molecule has 0 aromatic carbocycles. The molecule has 2 N–H and O–H groups in total. The number of ether oxygens (including phenoxy) is 1. The number of nitrogens with one attached hydrogen (secondary N) is 1. The second-order valence-electron chi connectivity index (χ2n) is 10.1. The summed E-state index contributed by atoms with van der Waals surface area (Å²) in [6.07, 6.45) is 10.6. The van der Waals surface area contributed by atoms with Crippen LogP contribution in [0.3, 0.4) is 0 Å². The predicted molar refractivity (Wildman–Crippen MR) is 134 cm³/mol. The van der Waals surface area contributed by atoms with E-state index in [0.29, 0.717) is 30.5 Å². The third-order valence-electron chi connectivity index (χ3n) is 7.39. The second kappa shape index (κ2) is 8.77. The van der Waals surface area contributed by atoms with Crippen LogP contribution in [0.1, 0.15) is 69.4 Å². The first-order valence-electron chi connectivity index (χ1n) is 12.2. The van der Waals surface area contributed by atoms with Crippen LogP contribution in [0.5, 0.6) is 0 Å². The lowest BCUT2D eigenvalue weighted by Crippen LogP contribution is -2.26. The Bertz CT molecular complexity index is 1300. The quantitative estimate of drug-likeness (QED) is 0.346. The molecule has 2 aromatic rings. The van der Waals surface area contributed by atoms with E-state index in [0.717, 1.165) is 41.0 Å². The number of nitrogens with zero attached hydrogens (tertiary/aromatic N) is 2. The van der Waals surface area contributed by atoms with Crippen LogP contribution in [0.15, 0.2) is 60.0 Å². The number of alkyl halides is 2. The van der Waals surface area contributed by atoms with Crippen LogP contribution in [0, 0.1) is 11.3 Å². The Morgan fingerprint density at radius 3 is 2.74 bits per heavy atom. The van der Waals surface area contributed by atoms with Gasteiger partial charge in [-0.1, -0.05) is 12.7 Å². The molecule has 1 aliphatic heterocycles. The maximum absolute atomic E-state index is 13.7. The number of aliphatic hydroxyl groups is 1. The summed E-state index contributed by atoms with van der Waals surface area (Å²) in [5.41, 5.74) is 5.36. The molecular weight excluding hydrogens is 448 g/mol. The van der Waals surface area contributed by atoms with E-state index in [9.17, 15) is 13.9 Å². The third kappa shape index (κ3) is 4.56. The summed E-state index contributed by atoms with van der Waals surface area (Å²) in [5.74, 6) is -0.629. The van der Waals surface area contributed by atoms with E-state index >= 15 is 0 Å². The van der Waals surface area contributed by atoms with E-state index in [-0.39, 0.29) is 36.1 Å². The number of hydrogen-bond acceptors (Lipinski definition) is 4. The van der Waals surface area contributed by atoms with Crippen molar-refractivity contribution in [3.8, 4) is 0 Å². The number of rotatable bonds is 5. The zero-order chi connectivity index (χ0) is 24.9. The van der Waals surface area contributed by atoms with Crippen molar-refractivity contribution >= 4 is 22.3 Å². The Hall–Kier alpha value is -3.22. The standard InChI is InChI=1S/C28H31F2N3O2/c1-16-10-21-5-4-20(12-25(21)35-16)23-15-33(14-19-6-8-28(29,30)9-7-19)24-11-22(13-32-27(23)24)26(17(2)31)18(3)34/h5,11-13,15,19-20,31,34H,1,4,6-10,14H2,2-3H3/b26-18+,31-17?. The molecule has 0 bridgehead atoms. The Morgan fingerprint density at radius 2 is 2.06 bits per heavy atom. The lowest BCUT2D eigenvalue weighted by Gasteiger charge is -2.28. The third-order valence-corrected chi connectivity index (χ3v) is 7.39. The van der Waals surface area contributed by atoms with Crippen LogP contribution in [-0.4, -0.2) is 26.3 Å². The average Bonchev–Trinajstić information content (AvgIpc) is 3.33. The summed E-state index contributed by atoms with van der Waals surface area (Å²) in [5, 5.41) is 18.3. The Kier molecular flexibility index (Phi) is 5.90. The van der Waals surface area contributed by atoms with Gasteiger partial charge in [0.1, 0.15) is 11.5 Å². The van der Waals surface area contributed by atoms with E-state index in [1.807, 2.05) is 6.07 Å². The maximum Gasteiger partial charge on any atom is 0.248 e. The SMILES string of the molecule is C=C1CC2=CCC(c3cn(CC4CCC(F)(F)CC4)c4cc(/C(C(C)=N)=C(\C)O)cnc34)C=C2O1. The van der Waals surface area contributed by atoms with Gasteiger partial charge in [-0.25, -0.2) is 8.78 Å². The van der Waals surface area contributed by atoms with Crippen molar-refractivity contribution in [3.63, 3.8) is 0 Å². The van der Waals surface area contributed by atoms with Crippen molar-refractivity contribution in [1.29, 1.82) is 5.41 Å². The number of halogens is 2. The highest BCUT2D eigenvalue weighted by atomic mass is 19.3. The minimum atomic E-state index is -2.56. The fraction of sp³-hybridized carbons (Fsp3) is 0.429. The lowest BCUT2D eigenvalue weighted by atomic mass is 9.86. The molecule has 1 saturated heterocycles. The van der Waals surface area contributed by atoms with Gasteiger partial charge in [-0.3, -0.25) is 4.98 Å². The molecule has 5 nitrogen and oxygen atoms in total. The molecule has 1 unspecified atom stereocenters. The van der Waals surface area contributed by atoms with Crippen molar-refractivity contribution in [2.75, 3.05) is 0 Å². The van der Waals surface area contributed by atoms with Gasteiger partial charge >= 0.3 is 0 Å². The fourth-order valence-electron chi connectivity index (χ4n) is 5.62. The molecular formula is C28H31F2N3O2. The number of allylic oxidation sites excluding steroid dienone is 6. The largest absolute Gasteiger partial charge is 0.512 e. The minimum Gasteiger partial charge on any atom is -0.512 e. The van der Waals surface area contributed by atoms with Gasteiger partial charge in [-0.15, -0.1) is 0 Å². The number of pyridine rings is 1. The molecule has 184 valence electrons. The molecule has 3 heterocycles. The highest BCUT2D eigenvalue weighted by molar-refractivity contribution is 6.21. The van der Waals surface area contributed by atoms with Crippen molar-refractivity contribution in [2.24, 2.45) is 5.92 Å². The van der Waals surface area contributed by atoms with Crippen molar-refractivity contribution < 1.29 is 18.6 Å². The molecule has 7 heteroatoms. The summed E-state index contributed by atoms with van der Waals surface area (Å²) < 4.78 is 35.4. The van der Waals surface area contributed by atoms with Crippen LogP contribution in [0.4, 0.5) is 8.78 Å². The second-order valence-corrected chi connectivity index (χ2v) is 10.1. The first kappa shape index (κ1) is 23.5. The molecule has 2 fully saturated rings. The van der Waals surface area contributed by atoms with E-state index in [1.165, 1.54) is 5.57 Å². The zero-order valence-electron chi connectivity index (χ0n) is 20.2. The minimum absolute atomic E-state index is 0.0691. The fourth-order valence-corrected chi connectivity index (χ4v) is 5.62. The first-order chi connectivity index (χ1) is 16.6. The van der Waals surface area contributed by atoms with E-state index in [2.05, 4.69) is 29.5 Å². The van der Waals surface area contributed by atoms with Crippen LogP contribution < -0.4 is 0 Å². The molecule has 3 aliphatic rings. The van der Waals surface area contributed by atoms with Crippen LogP contribution in [-0.2, 0) is 11.3 Å². The summed E-state index contributed by atoms with van der Waals surface area (Å²) >= 11 is 0. The smallest absolute Gasteiger partial charge is 0.248 e. The normalized spacial score (nSPS) is 22.9. The Balaban J connectivity index is 1.56. The van der Waals surface area contributed by atoms with Gasteiger partial charge < -0.3 is 19.8 Å². The summed E-state index contributed by atoms with van der Waals surface area (Å²) in [6, 6.07) is 1.96. The number of fused-ring (bicyclic) bond motifs is 2. The van der Waals surface area contributed by atoms with Gasteiger partial charge in [0.25, 0.3) is 0 Å². The lowest BCUT2D eigenvalue weighted by molar-refractivity contribution is -0.0472. The van der Waals surface area contributed by atoms with E-state index < -0.39 is 5.92 Å². The van der Waals surface area contributed by atoms with Crippen LogP contribution in [0.2, 0.25) is 0 Å². The van der Waals surface area contributed by atoms with Crippen molar-refractivity contribution in [1.82, 2.24) is 9.55 Å². The number of aromatic nitrogens is 2. The predicted octanol–water partition coefficient (Wildman–Crippen LogP) is 7.42. The molecule has 2 aliphatic carbocycles. The molecule has 1 saturated carbocycles. The molecule has 0 spiro atoms. The first-order valence-corrected chi connectivity index (χ1v) is 12.2. The van der Waals surface area contributed by atoms with Gasteiger partial charge in [0.2, 0.25) is 5.92 Å². The van der Waals surface area contributed by atoms with Gasteiger partial charge in [-0.2, -0.15) is 0 Å². The topological polar surface area (TPSA) is 71.1 Å². The Morgan fingerprint density at radius 1 is 1.31 bits per heavy atom. The number of aliphatic hydroxyl groups excluding tert-OH is 1. The molecule has 2 aromatic heterocycles. The molecule has 0 radical (unpaired) electrons. The highest BCUT2D eigenvalue weighted by Crippen LogP contribution is 2.42. The molecule has 5 rings (SSSR count). The number of hydrogen-bond donors (Lipinski definition) is 2. The molecule has 0 amide bonds. The summed E-state index contributed by atoms with van der Waals surface area (Å²) in [7, 11) is 0. The van der Waals surface area contributed by atoms with Gasteiger partial charge in [0, 0.05) is 66.5 Å². The Labute approximate surface area is 204 Å². The van der Waals surface area contributed by atoms with Gasteiger partial charge in [0.05, 0.1) is 16.8 Å². The van der Waals surface area contributed by atoms with E-state index in [1.54, 1.807) is 20.0 Å². The molecule has 35 heavy (non-hydrogen) atoms. The monoisotopic (exact) mass is 479 g/mol. The van der Waals surface area contributed by atoms with Crippen molar-refractivity contribution in [2.45, 2.75) is 70.8 Å². The average molecular weight is 480 g/mol. The zero-order valence-corrected chi connectivity index (χ0v) is 20.2. The van der Waals surface area contributed by atoms with E-state index in [4.69, 9.17) is 15.1 Å². The summed E-state index contributed by atoms with van der Waals surface area (Å²) in [4.78, 5) is 4.79. The van der Waals surface area contributed by atoms with Gasteiger partial charge in [0.15, 0.2) is 0 Å². The molecule has 1 atom stereocenters. The summed E-state index contributed by atoms with van der Waals surface area (Å²) in [6.45, 7) is 7.78.